The number of nitrogen functional groups attached to an aromatic ring is 1. The minimum Gasteiger partial charge on any atom is -0.393 e. The molecule has 1 rings (SSSR count). The first kappa shape index (κ1) is 9.73. The molecule has 5 nitrogen and oxygen atoms in total. The molecule has 0 saturated carbocycles. The molecular weight excluding hydrogens is 170 g/mol. The van der Waals surface area contributed by atoms with Gasteiger partial charge in [-0.2, -0.15) is 0 Å². The number of nitrogens with one attached hydrogen (secondary N) is 1. The molecule has 1 aromatic heterocycles. The highest BCUT2D eigenvalue weighted by Gasteiger charge is 2.00. The van der Waals surface area contributed by atoms with Gasteiger partial charge in [-0.1, -0.05) is 0 Å². The van der Waals surface area contributed by atoms with Crippen molar-refractivity contribution in [3.8, 4) is 0 Å². The van der Waals surface area contributed by atoms with E-state index in [2.05, 4.69) is 9.97 Å². The van der Waals surface area contributed by atoms with Crippen LogP contribution in [0, 0.1) is 0 Å². The molecule has 72 valence electrons. The first-order chi connectivity index (χ1) is 6.09. The number of nitrogens with zero attached hydrogens (tertiary/aromatic N) is 1. The van der Waals surface area contributed by atoms with Crippen LogP contribution in [0.2, 0.25) is 0 Å². The summed E-state index contributed by atoms with van der Waals surface area (Å²) in [6.07, 6.45) is 1.44. The molecule has 1 heterocycles. The van der Waals surface area contributed by atoms with Crippen LogP contribution >= 0.6 is 0 Å². The number of ether oxygens (including phenoxy) is 1. The fourth-order valence-corrected chi connectivity index (χ4v) is 0.761. The molecule has 0 aliphatic heterocycles. The molecule has 5 heteroatoms. The Hall–Kier alpha value is -1.36. The lowest BCUT2D eigenvalue weighted by atomic mass is 10.5. The molecule has 0 atom stereocenters. The van der Waals surface area contributed by atoms with Gasteiger partial charge in [-0.3, -0.25) is 4.79 Å². The molecule has 0 aliphatic carbocycles. The first-order valence-corrected chi connectivity index (χ1v) is 4.05. The zero-order valence-corrected chi connectivity index (χ0v) is 7.70. The summed E-state index contributed by atoms with van der Waals surface area (Å²) in [6.45, 7) is 4.12. The summed E-state index contributed by atoms with van der Waals surface area (Å²) in [5.41, 5.74) is 5.09. The molecular formula is C8H13N3O2. The molecule has 1 aromatic rings. The van der Waals surface area contributed by atoms with Crippen molar-refractivity contribution in [1.29, 1.82) is 0 Å². The monoisotopic (exact) mass is 183 g/mol. The molecule has 0 aliphatic rings. The maximum absolute atomic E-state index is 11.0. The van der Waals surface area contributed by atoms with Crippen molar-refractivity contribution in [2.24, 2.45) is 0 Å². The van der Waals surface area contributed by atoms with Gasteiger partial charge in [0.25, 0.3) is 5.56 Å². The van der Waals surface area contributed by atoms with Gasteiger partial charge in [0.2, 0.25) is 0 Å². The van der Waals surface area contributed by atoms with Gasteiger partial charge in [0, 0.05) is 0 Å². The van der Waals surface area contributed by atoms with E-state index in [-0.39, 0.29) is 17.4 Å². The number of hydrogen-bond donors (Lipinski definition) is 2. The smallest absolute Gasteiger partial charge is 0.274 e. The highest BCUT2D eigenvalue weighted by Crippen LogP contribution is 1.96. The van der Waals surface area contributed by atoms with Crippen LogP contribution in [0.4, 0.5) is 5.69 Å². The number of nitrogens with two attached hydrogens (primary N) is 1. The van der Waals surface area contributed by atoms with Crippen molar-refractivity contribution < 1.29 is 4.74 Å². The topological polar surface area (TPSA) is 81.0 Å². The van der Waals surface area contributed by atoms with E-state index in [4.69, 9.17) is 10.5 Å². The molecule has 0 bridgehead atoms. The van der Waals surface area contributed by atoms with E-state index in [1.807, 2.05) is 13.8 Å². The summed E-state index contributed by atoms with van der Waals surface area (Å²) in [6, 6.07) is 0. The van der Waals surface area contributed by atoms with Gasteiger partial charge in [0.15, 0.2) is 0 Å². The summed E-state index contributed by atoms with van der Waals surface area (Å²) in [5.74, 6) is 0.493. The third kappa shape index (κ3) is 2.87. The highest BCUT2D eigenvalue weighted by molar-refractivity contribution is 5.30. The van der Waals surface area contributed by atoms with Gasteiger partial charge in [-0.15, -0.1) is 0 Å². The number of rotatable bonds is 3. The van der Waals surface area contributed by atoms with Crippen LogP contribution in [0.1, 0.15) is 19.7 Å². The van der Waals surface area contributed by atoms with Gasteiger partial charge in [-0.25, -0.2) is 4.98 Å². The Morgan fingerprint density at radius 2 is 2.38 bits per heavy atom. The molecule has 0 amide bonds. The van der Waals surface area contributed by atoms with Crippen molar-refractivity contribution in [2.75, 3.05) is 5.73 Å². The second kappa shape index (κ2) is 4.04. The third-order valence-electron chi connectivity index (χ3n) is 1.43. The van der Waals surface area contributed by atoms with Crippen molar-refractivity contribution in [2.45, 2.75) is 26.6 Å². The fraction of sp³-hybridized carbons (Fsp3) is 0.500. The Bertz CT molecular complexity index is 332. The molecule has 0 radical (unpaired) electrons. The third-order valence-corrected chi connectivity index (χ3v) is 1.43. The molecule has 0 aromatic carbocycles. The van der Waals surface area contributed by atoms with E-state index in [9.17, 15) is 4.79 Å². The minimum atomic E-state index is -0.322. The van der Waals surface area contributed by atoms with Crippen LogP contribution in [0.5, 0.6) is 0 Å². The Morgan fingerprint density at radius 1 is 1.69 bits per heavy atom. The second-order valence-electron chi connectivity index (χ2n) is 2.97. The largest absolute Gasteiger partial charge is 0.393 e. The summed E-state index contributed by atoms with van der Waals surface area (Å²) >= 11 is 0. The van der Waals surface area contributed by atoms with Crippen LogP contribution in [0.3, 0.4) is 0 Å². The van der Waals surface area contributed by atoms with Crippen molar-refractivity contribution in [3.63, 3.8) is 0 Å². The normalized spacial score (nSPS) is 10.7. The standard InChI is InChI=1S/C8H13N3O2/c1-5(2)13-4-7-10-3-6(9)8(12)11-7/h3,5H,4,9H2,1-2H3,(H,10,11,12). The van der Waals surface area contributed by atoms with Gasteiger partial charge in [0.05, 0.1) is 12.3 Å². The Balaban J connectivity index is 2.69. The summed E-state index contributed by atoms with van der Waals surface area (Å²) < 4.78 is 5.25. The van der Waals surface area contributed by atoms with Crippen LogP contribution in [0.15, 0.2) is 11.0 Å². The van der Waals surface area contributed by atoms with Crippen molar-refractivity contribution in [1.82, 2.24) is 9.97 Å². The Kier molecular flexibility index (Phi) is 3.02. The van der Waals surface area contributed by atoms with Crippen molar-refractivity contribution >= 4 is 5.69 Å². The quantitative estimate of drug-likeness (QED) is 0.705. The predicted molar refractivity (Wildman–Crippen MR) is 49.2 cm³/mol. The molecule has 0 unspecified atom stereocenters. The van der Waals surface area contributed by atoms with Crippen molar-refractivity contribution in [3.05, 3.63) is 22.4 Å². The van der Waals surface area contributed by atoms with E-state index in [1.54, 1.807) is 0 Å². The van der Waals surface area contributed by atoms with Gasteiger partial charge in [-0.05, 0) is 13.8 Å². The Morgan fingerprint density at radius 3 is 2.92 bits per heavy atom. The van der Waals surface area contributed by atoms with E-state index in [0.717, 1.165) is 0 Å². The van der Waals surface area contributed by atoms with Gasteiger partial charge < -0.3 is 15.5 Å². The number of anilines is 1. The second-order valence-corrected chi connectivity index (χ2v) is 2.97. The number of aromatic amines is 1. The molecule has 0 spiro atoms. The average molecular weight is 183 g/mol. The van der Waals surface area contributed by atoms with Gasteiger partial charge >= 0.3 is 0 Å². The number of hydrogen-bond acceptors (Lipinski definition) is 4. The SMILES string of the molecule is CC(C)OCc1ncc(N)c(=O)[nH]1. The van der Waals surface area contributed by atoms with Crippen LogP contribution in [0.25, 0.3) is 0 Å². The summed E-state index contributed by atoms with van der Waals surface area (Å²) in [4.78, 5) is 17.4. The fourth-order valence-electron chi connectivity index (χ4n) is 0.761. The van der Waals surface area contributed by atoms with E-state index in [0.29, 0.717) is 12.4 Å². The number of H-pyrrole nitrogens is 1. The van der Waals surface area contributed by atoms with Gasteiger partial charge in [0.1, 0.15) is 18.1 Å². The lowest BCUT2D eigenvalue weighted by Crippen LogP contribution is -2.16. The molecule has 13 heavy (non-hydrogen) atoms. The zero-order chi connectivity index (χ0) is 9.84. The van der Waals surface area contributed by atoms with E-state index >= 15 is 0 Å². The van der Waals surface area contributed by atoms with Crippen LogP contribution in [-0.4, -0.2) is 16.1 Å². The number of aromatic nitrogens is 2. The molecule has 0 fully saturated rings. The lowest BCUT2D eigenvalue weighted by molar-refractivity contribution is 0.0612. The van der Waals surface area contributed by atoms with Crippen LogP contribution in [-0.2, 0) is 11.3 Å². The van der Waals surface area contributed by atoms with Crippen LogP contribution < -0.4 is 11.3 Å². The zero-order valence-electron chi connectivity index (χ0n) is 7.70. The maximum atomic E-state index is 11.0. The Labute approximate surface area is 75.9 Å². The predicted octanol–water partition coefficient (Wildman–Crippen LogP) is 0.277. The minimum absolute atomic E-state index is 0.114. The molecule has 0 saturated heterocycles. The van der Waals surface area contributed by atoms with E-state index < -0.39 is 0 Å². The van der Waals surface area contributed by atoms with E-state index in [1.165, 1.54) is 6.20 Å². The average Bonchev–Trinajstić information content (AvgIpc) is 2.07. The summed E-state index contributed by atoms with van der Waals surface area (Å²) in [7, 11) is 0. The summed E-state index contributed by atoms with van der Waals surface area (Å²) in [5, 5.41) is 0. The first-order valence-electron chi connectivity index (χ1n) is 4.05. The lowest BCUT2D eigenvalue weighted by Gasteiger charge is -2.06. The highest BCUT2D eigenvalue weighted by atomic mass is 16.5. The molecule has 3 N–H and O–H groups in total. The maximum Gasteiger partial charge on any atom is 0.274 e.